The Balaban J connectivity index is 1.74. The van der Waals surface area contributed by atoms with Crippen LogP contribution in [-0.4, -0.2) is 50.8 Å². The molecule has 4 rings (SSSR count). The van der Waals surface area contributed by atoms with Crippen LogP contribution in [-0.2, 0) is 14.3 Å². The second-order valence-corrected chi connectivity index (χ2v) is 6.58. The van der Waals surface area contributed by atoms with E-state index in [4.69, 9.17) is 21.7 Å². The number of carbonyl (C=O) groups excluding carboxylic acids is 1. The van der Waals surface area contributed by atoms with Gasteiger partial charge in [-0.2, -0.15) is 4.68 Å². The quantitative estimate of drug-likeness (QED) is 0.617. The van der Waals surface area contributed by atoms with E-state index in [0.717, 1.165) is 10.6 Å². The lowest BCUT2D eigenvalue weighted by Crippen LogP contribution is -2.37. The van der Waals surface area contributed by atoms with Gasteiger partial charge in [0.25, 0.3) is 0 Å². The fraction of sp³-hybridized carbons (Fsp3) is 0.429. The molecule has 2 fully saturated rings. The third-order valence-electron chi connectivity index (χ3n) is 4.04. The third kappa shape index (κ3) is 2.44. The summed E-state index contributed by atoms with van der Waals surface area (Å²) in [6.07, 6.45) is 1.35. The van der Waals surface area contributed by atoms with Gasteiger partial charge in [-0.25, -0.2) is 4.68 Å². The third-order valence-corrected chi connectivity index (χ3v) is 5.19. The molecule has 0 amide bonds. The molecule has 0 N–H and O–H groups in total. The monoisotopic (exact) mass is 350 g/mol. The Kier molecular flexibility index (Phi) is 3.80. The van der Waals surface area contributed by atoms with Gasteiger partial charge in [0, 0.05) is 11.3 Å². The second kappa shape index (κ2) is 5.82. The van der Waals surface area contributed by atoms with E-state index in [1.54, 1.807) is 21.1 Å². The van der Waals surface area contributed by atoms with Crippen LogP contribution >= 0.6 is 24.0 Å². The van der Waals surface area contributed by atoms with Crippen molar-refractivity contribution in [2.45, 2.75) is 29.8 Å². The Labute approximate surface area is 141 Å². The number of fused-ring (bicyclic) bond motifs is 2. The Hall–Kier alpha value is -1.55. The lowest BCUT2D eigenvalue weighted by Gasteiger charge is -2.25. The van der Waals surface area contributed by atoms with E-state index in [1.807, 2.05) is 30.5 Å². The summed E-state index contributed by atoms with van der Waals surface area (Å²) in [5.41, 5.74) is 0.875. The average Bonchev–Trinajstić information content (AvgIpc) is 3.16. The summed E-state index contributed by atoms with van der Waals surface area (Å²) < 4.78 is 14.6. The number of para-hydroxylation sites is 1. The SMILES string of the molecule is CSc1ccccc1-n1nnn(C2CC(=O)C3OCC2O3)c1=S. The van der Waals surface area contributed by atoms with Gasteiger partial charge >= 0.3 is 0 Å². The molecule has 3 unspecified atom stereocenters. The minimum Gasteiger partial charge on any atom is -0.343 e. The number of ketones is 1. The van der Waals surface area contributed by atoms with Crippen molar-refractivity contribution in [3.63, 3.8) is 0 Å². The fourth-order valence-electron chi connectivity index (χ4n) is 2.89. The standard InChI is InChI=1S/C14H14N4O3S2/c1-23-12-5-3-2-4-8(12)17-14(22)18(16-15-17)9-6-10(19)13-20-7-11(9)21-13/h2-5,9,11,13H,6-7H2,1H3. The number of carbonyl (C=O) groups is 1. The summed E-state index contributed by atoms with van der Waals surface area (Å²) in [5.74, 6) is -0.0790. The average molecular weight is 350 g/mol. The highest BCUT2D eigenvalue weighted by atomic mass is 32.2. The van der Waals surface area contributed by atoms with Crippen LogP contribution in [0.2, 0.25) is 0 Å². The van der Waals surface area contributed by atoms with Gasteiger partial charge in [-0.05, 0) is 41.0 Å². The number of benzene rings is 1. The number of aromatic nitrogens is 4. The first kappa shape index (κ1) is 15.0. The Bertz CT molecular complexity index is 818. The molecule has 2 aromatic rings. The molecule has 2 aliphatic rings. The largest absolute Gasteiger partial charge is 0.343 e. The topological polar surface area (TPSA) is 71.2 Å². The van der Waals surface area contributed by atoms with Crippen molar-refractivity contribution in [1.82, 2.24) is 19.8 Å². The number of thioether (sulfide) groups is 1. The highest BCUT2D eigenvalue weighted by molar-refractivity contribution is 7.98. The van der Waals surface area contributed by atoms with E-state index in [2.05, 4.69) is 10.4 Å². The Morgan fingerprint density at radius 2 is 2.17 bits per heavy atom. The van der Waals surface area contributed by atoms with E-state index >= 15 is 0 Å². The van der Waals surface area contributed by atoms with Crippen molar-refractivity contribution in [3.8, 4) is 5.69 Å². The van der Waals surface area contributed by atoms with Gasteiger partial charge in [0.2, 0.25) is 11.1 Å². The van der Waals surface area contributed by atoms with Crippen molar-refractivity contribution < 1.29 is 14.3 Å². The van der Waals surface area contributed by atoms with Crippen LogP contribution in [0.3, 0.4) is 0 Å². The van der Waals surface area contributed by atoms with Gasteiger partial charge in [0.15, 0.2) is 5.78 Å². The van der Waals surface area contributed by atoms with Crippen molar-refractivity contribution in [2.24, 2.45) is 0 Å². The number of hydrogen-bond acceptors (Lipinski definition) is 7. The predicted molar refractivity (Wildman–Crippen MR) is 85.2 cm³/mol. The van der Waals surface area contributed by atoms with Gasteiger partial charge in [0.1, 0.15) is 6.10 Å². The number of rotatable bonds is 3. The van der Waals surface area contributed by atoms with Crippen LogP contribution in [0.5, 0.6) is 0 Å². The number of hydrogen-bond donors (Lipinski definition) is 0. The molecule has 1 aromatic heterocycles. The van der Waals surface area contributed by atoms with Gasteiger partial charge in [-0.1, -0.05) is 12.1 Å². The van der Waals surface area contributed by atoms with Crippen LogP contribution < -0.4 is 0 Å². The summed E-state index contributed by atoms with van der Waals surface area (Å²) in [5, 5.41) is 8.35. The highest BCUT2D eigenvalue weighted by Gasteiger charge is 2.45. The predicted octanol–water partition coefficient (Wildman–Crippen LogP) is 1.78. The van der Waals surface area contributed by atoms with E-state index < -0.39 is 6.29 Å². The summed E-state index contributed by atoms with van der Waals surface area (Å²) in [7, 11) is 0. The summed E-state index contributed by atoms with van der Waals surface area (Å²) >= 11 is 7.15. The van der Waals surface area contributed by atoms with Gasteiger partial charge in [-0.15, -0.1) is 11.8 Å². The Morgan fingerprint density at radius 3 is 3.00 bits per heavy atom. The number of nitrogens with zero attached hydrogens (tertiary/aromatic N) is 4. The summed E-state index contributed by atoms with van der Waals surface area (Å²) in [6.45, 7) is 0.372. The summed E-state index contributed by atoms with van der Waals surface area (Å²) in [6, 6.07) is 7.57. The molecule has 3 heterocycles. The molecule has 9 heteroatoms. The van der Waals surface area contributed by atoms with Crippen molar-refractivity contribution >= 4 is 29.8 Å². The van der Waals surface area contributed by atoms with Crippen LogP contribution in [0.25, 0.3) is 5.69 Å². The first-order valence-corrected chi connectivity index (χ1v) is 8.80. The molecule has 0 saturated carbocycles. The molecule has 0 spiro atoms. The van der Waals surface area contributed by atoms with E-state index in [1.165, 1.54) is 0 Å². The zero-order chi connectivity index (χ0) is 16.0. The maximum Gasteiger partial charge on any atom is 0.221 e. The summed E-state index contributed by atoms with van der Waals surface area (Å²) in [4.78, 5) is 13.0. The fourth-order valence-corrected chi connectivity index (χ4v) is 3.77. The normalized spacial score (nSPS) is 26.7. The van der Waals surface area contributed by atoms with Crippen LogP contribution in [0.4, 0.5) is 0 Å². The highest BCUT2D eigenvalue weighted by Crippen LogP contribution is 2.33. The minimum absolute atomic E-state index is 0.0790. The number of Topliss-reactive ketones (excluding diaryl/α,β-unsaturated/α-hetero) is 1. The molecule has 7 nitrogen and oxygen atoms in total. The molecule has 2 aliphatic heterocycles. The zero-order valence-electron chi connectivity index (χ0n) is 12.3. The number of tetrazole rings is 1. The molecule has 0 radical (unpaired) electrons. The first-order valence-electron chi connectivity index (χ1n) is 7.16. The molecule has 2 saturated heterocycles. The molecule has 2 bridgehead atoms. The van der Waals surface area contributed by atoms with Crippen molar-refractivity contribution in [2.75, 3.05) is 12.9 Å². The van der Waals surface area contributed by atoms with Crippen LogP contribution in [0.1, 0.15) is 12.5 Å². The van der Waals surface area contributed by atoms with Crippen molar-refractivity contribution in [3.05, 3.63) is 29.0 Å². The van der Waals surface area contributed by atoms with Crippen LogP contribution in [0, 0.1) is 4.77 Å². The van der Waals surface area contributed by atoms with Gasteiger partial charge in [-0.3, -0.25) is 4.79 Å². The van der Waals surface area contributed by atoms with E-state index in [-0.39, 0.29) is 17.9 Å². The lowest BCUT2D eigenvalue weighted by molar-refractivity contribution is -0.156. The second-order valence-electron chi connectivity index (χ2n) is 5.37. The molecule has 0 aliphatic carbocycles. The minimum atomic E-state index is -0.724. The Morgan fingerprint density at radius 1 is 1.35 bits per heavy atom. The molecular formula is C14H14N4O3S2. The van der Waals surface area contributed by atoms with Gasteiger partial charge in [0.05, 0.1) is 18.3 Å². The molecule has 120 valence electrons. The van der Waals surface area contributed by atoms with E-state index in [0.29, 0.717) is 17.8 Å². The number of ether oxygens (including phenoxy) is 2. The van der Waals surface area contributed by atoms with E-state index in [9.17, 15) is 4.79 Å². The zero-order valence-corrected chi connectivity index (χ0v) is 13.9. The van der Waals surface area contributed by atoms with Crippen LogP contribution in [0.15, 0.2) is 29.2 Å². The lowest BCUT2D eigenvalue weighted by atomic mass is 10.0. The maximum absolute atomic E-state index is 12.0. The molecular weight excluding hydrogens is 336 g/mol. The van der Waals surface area contributed by atoms with Crippen molar-refractivity contribution in [1.29, 1.82) is 0 Å². The molecule has 3 atom stereocenters. The van der Waals surface area contributed by atoms with Gasteiger partial charge < -0.3 is 9.47 Å². The maximum atomic E-state index is 12.0. The molecule has 23 heavy (non-hydrogen) atoms. The molecule has 1 aromatic carbocycles. The smallest absolute Gasteiger partial charge is 0.221 e. The first-order chi connectivity index (χ1) is 11.2.